The van der Waals surface area contributed by atoms with Crippen LogP contribution in [0.4, 0.5) is 0 Å². The Bertz CT molecular complexity index is 358. The molecule has 0 radical (unpaired) electrons. The van der Waals surface area contributed by atoms with Crippen molar-refractivity contribution in [2.45, 2.75) is 66.7 Å². The molecule has 0 aliphatic rings. The lowest BCUT2D eigenvalue weighted by Gasteiger charge is -2.31. The zero-order valence-corrected chi connectivity index (χ0v) is 14.9. The van der Waals surface area contributed by atoms with Crippen molar-refractivity contribution in [2.75, 3.05) is 13.2 Å². The van der Waals surface area contributed by atoms with Crippen LogP contribution < -0.4 is 10.2 Å². The molecule has 0 heterocycles. The highest BCUT2D eigenvalue weighted by atomic mass is 16.5. The summed E-state index contributed by atoms with van der Waals surface area (Å²) >= 11 is 0. The number of allylic oxidation sites excluding steroid dienone is 1. The second-order valence-corrected chi connectivity index (χ2v) is 7.65. The summed E-state index contributed by atoms with van der Waals surface area (Å²) in [5.74, 6) is -0.683. The van der Waals surface area contributed by atoms with Crippen molar-refractivity contribution in [3.63, 3.8) is 0 Å². The third kappa shape index (κ3) is 8.42. The van der Waals surface area contributed by atoms with Crippen LogP contribution in [0.25, 0.3) is 0 Å². The molecule has 0 rings (SSSR count). The van der Waals surface area contributed by atoms with Crippen LogP contribution in [-0.2, 0) is 9.53 Å². The number of hydrogen-bond donors (Lipinski definition) is 0. The molecule has 0 aliphatic heterocycles. The molecular formula is C18H32O4-2. The molecule has 4 nitrogen and oxygen atoms in total. The molecule has 0 saturated heterocycles. The van der Waals surface area contributed by atoms with E-state index in [1.165, 1.54) is 0 Å². The number of hydrogen-bond acceptors (Lipinski definition) is 4. The summed E-state index contributed by atoms with van der Waals surface area (Å²) in [5, 5.41) is 22.2. The van der Waals surface area contributed by atoms with Crippen LogP contribution in [0.1, 0.15) is 66.7 Å². The van der Waals surface area contributed by atoms with Gasteiger partial charge in [0.25, 0.3) is 0 Å². The predicted molar refractivity (Wildman–Crippen MR) is 84.8 cm³/mol. The minimum atomic E-state index is -0.997. The average molecular weight is 312 g/mol. The van der Waals surface area contributed by atoms with E-state index in [1.807, 2.05) is 13.8 Å². The van der Waals surface area contributed by atoms with Gasteiger partial charge in [0.2, 0.25) is 0 Å². The van der Waals surface area contributed by atoms with Gasteiger partial charge >= 0.3 is 0 Å². The summed E-state index contributed by atoms with van der Waals surface area (Å²) in [7, 11) is 0. The van der Waals surface area contributed by atoms with Crippen LogP contribution in [0.2, 0.25) is 0 Å². The molecule has 130 valence electrons. The van der Waals surface area contributed by atoms with Gasteiger partial charge in [-0.1, -0.05) is 41.0 Å². The zero-order valence-electron chi connectivity index (χ0n) is 14.9. The molecule has 0 saturated carbocycles. The lowest BCUT2D eigenvalue weighted by molar-refractivity contribution is -0.323. The fourth-order valence-electron chi connectivity index (χ4n) is 1.99. The minimum absolute atomic E-state index is 0.0161. The lowest BCUT2D eigenvalue weighted by Crippen LogP contribution is -2.38. The Labute approximate surface area is 135 Å². The fourth-order valence-corrected chi connectivity index (χ4v) is 1.99. The largest absolute Gasteiger partial charge is 0.875 e. The van der Waals surface area contributed by atoms with Crippen LogP contribution >= 0.6 is 0 Å². The minimum Gasteiger partial charge on any atom is -0.875 e. The fraction of sp³-hybridized carbons (Fsp3) is 0.833. The van der Waals surface area contributed by atoms with E-state index < -0.39 is 11.4 Å². The Morgan fingerprint density at radius 1 is 1.09 bits per heavy atom. The van der Waals surface area contributed by atoms with Crippen LogP contribution in [0.3, 0.4) is 0 Å². The molecule has 0 N–H and O–H groups in total. The summed E-state index contributed by atoms with van der Waals surface area (Å²) < 4.78 is 5.63. The number of unbranched alkanes of at least 4 members (excludes halogenated alkanes) is 1. The van der Waals surface area contributed by atoms with Gasteiger partial charge in [-0.2, -0.15) is 0 Å². The summed E-state index contributed by atoms with van der Waals surface area (Å²) in [6, 6.07) is 0. The lowest BCUT2D eigenvalue weighted by atomic mass is 9.85. The van der Waals surface area contributed by atoms with Gasteiger partial charge in [-0.15, -0.1) is 12.3 Å². The van der Waals surface area contributed by atoms with Gasteiger partial charge in [0, 0.05) is 24.6 Å². The molecule has 0 amide bonds. The van der Waals surface area contributed by atoms with Crippen LogP contribution in [-0.4, -0.2) is 19.2 Å². The summed E-state index contributed by atoms with van der Waals surface area (Å²) in [6.45, 7) is 14.1. The van der Waals surface area contributed by atoms with Gasteiger partial charge in [-0.25, -0.2) is 0 Å². The monoisotopic (exact) mass is 312 g/mol. The van der Waals surface area contributed by atoms with Crippen molar-refractivity contribution in [3.8, 4) is 0 Å². The number of carbonyl (C=O) groups is 1. The molecule has 0 aromatic rings. The number of aliphatic carboxylic acids is 1. The van der Waals surface area contributed by atoms with E-state index in [0.717, 1.165) is 25.7 Å². The number of carbonyl (C=O) groups excluding carboxylic acids is 1. The normalized spacial score (nSPS) is 13.9. The molecule has 22 heavy (non-hydrogen) atoms. The Kier molecular flexibility index (Phi) is 8.76. The highest BCUT2D eigenvalue weighted by Gasteiger charge is 2.20. The number of carboxylic acids is 1. The maximum atomic E-state index is 11.3. The van der Waals surface area contributed by atoms with Gasteiger partial charge < -0.3 is 19.7 Å². The Morgan fingerprint density at radius 2 is 1.68 bits per heavy atom. The standard InChI is InChI=1S/C18H34O4/c1-14(9-11-18(5,6)16(20)21)13-22-12-8-7-10-17(3,4)15(2)19/h14,19H,2,7-13H2,1,3-6H3,(H,20,21)/p-2. The molecule has 1 atom stereocenters. The van der Waals surface area contributed by atoms with Crippen molar-refractivity contribution < 1.29 is 19.7 Å². The van der Waals surface area contributed by atoms with Crippen molar-refractivity contribution in [1.29, 1.82) is 0 Å². The topological polar surface area (TPSA) is 72.4 Å². The maximum absolute atomic E-state index is 11.3. The second-order valence-electron chi connectivity index (χ2n) is 7.65. The first-order chi connectivity index (χ1) is 9.99. The number of carboxylic acid groups (broad SMARTS) is 1. The van der Waals surface area contributed by atoms with E-state index in [-0.39, 0.29) is 11.2 Å². The van der Waals surface area contributed by atoms with E-state index in [2.05, 4.69) is 13.5 Å². The Hall–Kier alpha value is -1.03. The predicted octanol–water partition coefficient (Wildman–Crippen LogP) is 2.27. The molecule has 0 bridgehead atoms. The molecule has 0 aromatic heterocycles. The smallest absolute Gasteiger partial charge is 0.0491 e. The van der Waals surface area contributed by atoms with Gasteiger partial charge in [0.05, 0.1) is 0 Å². The quantitative estimate of drug-likeness (QED) is 0.409. The van der Waals surface area contributed by atoms with Crippen LogP contribution in [0.5, 0.6) is 0 Å². The molecule has 0 fully saturated rings. The Balaban J connectivity index is 3.72. The van der Waals surface area contributed by atoms with Crippen molar-refractivity contribution >= 4 is 5.97 Å². The molecule has 0 spiro atoms. The number of ether oxygens (including phenoxy) is 1. The van der Waals surface area contributed by atoms with Gasteiger partial charge in [0.1, 0.15) is 0 Å². The highest BCUT2D eigenvalue weighted by molar-refractivity contribution is 5.71. The first kappa shape index (κ1) is 21.0. The van der Waals surface area contributed by atoms with E-state index in [0.29, 0.717) is 25.6 Å². The SMILES string of the molecule is C=C([O-])C(C)(C)CCCCOCC(C)CCC(C)(C)C(=O)[O-]. The third-order valence-electron chi connectivity index (χ3n) is 4.31. The van der Waals surface area contributed by atoms with E-state index >= 15 is 0 Å². The molecule has 1 unspecified atom stereocenters. The molecule has 4 heteroatoms. The van der Waals surface area contributed by atoms with Crippen molar-refractivity contribution in [2.24, 2.45) is 16.7 Å². The summed E-state index contributed by atoms with van der Waals surface area (Å²) in [4.78, 5) is 10.9. The van der Waals surface area contributed by atoms with E-state index in [4.69, 9.17) is 4.74 Å². The highest BCUT2D eigenvalue weighted by Crippen LogP contribution is 2.27. The van der Waals surface area contributed by atoms with E-state index in [9.17, 15) is 15.0 Å². The maximum Gasteiger partial charge on any atom is 0.0491 e. The Morgan fingerprint density at radius 3 is 2.18 bits per heavy atom. The second kappa shape index (κ2) is 9.19. The van der Waals surface area contributed by atoms with Crippen LogP contribution in [0.15, 0.2) is 12.3 Å². The van der Waals surface area contributed by atoms with E-state index in [1.54, 1.807) is 13.8 Å². The van der Waals surface area contributed by atoms with Crippen molar-refractivity contribution in [3.05, 3.63) is 12.3 Å². The summed E-state index contributed by atoms with van der Waals surface area (Å²) in [5.41, 5.74) is -1.12. The van der Waals surface area contributed by atoms with Gasteiger partial charge in [-0.3, -0.25) is 0 Å². The zero-order chi connectivity index (χ0) is 17.4. The molecular weight excluding hydrogens is 280 g/mol. The third-order valence-corrected chi connectivity index (χ3v) is 4.31. The molecule has 0 aliphatic carbocycles. The van der Waals surface area contributed by atoms with Gasteiger partial charge in [0.15, 0.2) is 0 Å². The number of rotatable bonds is 12. The average Bonchev–Trinajstić information content (AvgIpc) is 2.40. The van der Waals surface area contributed by atoms with Crippen LogP contribution in [0, 0.1) is 16.7 Å². The first-order valence-corrected chi connectivity index (χ1v) is 8.14. The first-order valence-electron chi connectivity index (χ1n) is 8.14. The summed E-state index contributed by atoms with van der Waals surface area (Å²) in [6.07, 6.45) is 4.10. The molecule has 0 aromatic carbocycles. The van der Waals surface area contributed by atoms with Crippen molar-refractivity contribution in [1.82, 2.24) is 0 Å². The van der Waals surface area contributed by atoms with Gasteiger partial charge in [-0.05, 0) is 37.0 Å².